The van der Waals surface area contributed by atoms with Gasteiger partial charge in [-0.1, -0.05) is 6.07 Å². The zero-order valence-electron chi connectivity index (χ0n) is 17.6. The van der Waals surface area contributed by atoms with Crippen molar-refractivity contribution in [3.05, 3.63) is 47.7 Å². The molecule has 2 unspecified atom stereocenters. The van der Waals surface area contributed by atoms with E-state index in [0.29, 0.717) is 5.56 Å². The quantitative estimate of drug-likeness (QED) is 0.812. The fourth-order valence-electron chi connectivity index (χ4n) is 3.66. The van der Waals surface area contributed by atoms with Gasteiger partial charge in [0.05, 0.1) is 17.8 Å². The van der Waals surface area contributed by atoms with Crippen LogP contribution in [0.25, 0.3) is 0 Å². The molecule has 1 aromatic carbocycles. The second-order valence-corrected chi connectivity index (χ2v) is 7.80. The van der Waals surface area contributed by atoms with Gasteiger partial charge in [-0.05, 0) is 50.6 Å². The molecule has 0 N–H and O–H groups in total. The average molecular weight is 383 g/mol. The van der Waals surface area contributed by atoms with Crippen molar-refractivity contribution in [3.63, 3.8) is 0 Å². The summed E-state index contributed by atoms with van der Waals surface area (Å²) in [7, 11) is 5.81. The molecule has 6 nitrogen and oxygen atoms in total. The highest BCUT2D eigenvalue weighted by Gasteiger charge is 2.23. The predicted molar refractivity (Wildman–Crippen MR) is 115 cm³/mol. The molecule has 0 radical (unpaired) electrons. The van der Waals surface area contributed by atoms with Gasteiger partial charge in [0.2, 0.25) is 0 Å². The summed E-state index contributed by atoms with van der Waals surface area (Å²) in [4.78, 5) is 23.4. The van der Waals surface area contributed by atoms with Crippen LogP contribution in [0.15, 0.2) is 36.5 Å². The van der Waals surface area contributed by atoms with Gasteiger partial charge in [-0.3, -0.25) is 4.79 Å². The Morgan fingerprint density at radius 1 is 1.11 bits per heavy atom. The lowest BCUT2D eigenvalue weighted by Crippen LogP contribution is -2.45. The first-order valence-corrected chi connectivity index (χ1v) is 9.68. The summed E-state index contributed by atoms with van der Waals surface area (Å²) in [6.07, 6.45) is 2.01. The second-order valence-electron chi connectivity index (χ2n) is 7.80. The molecule has 1 aromatic heterocycles. The zero-order valence-corrected chi connectivity index (χ0v) is 17.6. The summed E-state index contributed by atoms with van der Waals surface area (Å²) < 4.78 is 5.78. The first-order valence-electron chi connectivity index (χ1n) is 9.68. The van der Waals surface area contributed by atoms with Gasteiger partial charge in [0.1, 0.15) is 5.82 Å². The van der Waals surface area contributed by atoms with Gasteiger partial charge < -0.3 is 19.4 Å². The minimum Gasteiger partial charge on any atom is -0.377 e. The molecular formula is C22H30N4O2. The summed E-state index contributed by atoms with van der Waals surface area (Å²) in [5.74, 6) is 0.808. The normalized spacial score (nSPS) is 19.4. The average Bonchev–Trinajstić information content (AvgIpc) is 2.66. The maximum absolute atomic E-state index is 12.9. The Balaban J connectivity index is 1.76. The van der Waals surface area contributed by atoms with Crippen LogP contribution in [0.2, 0.25) is 0 Å². The topological polar surface area (TPSA) is 48.9 Å². The van der Waals surface area contributed by atoms with Crippen molar-refractivity contribution in [3.8, 4) is 0 Å². The molecule has 1 aliphatic rings. The zero-order chi connectivity index (χ0) is 20.4. The van der Waals surface area contributed by atoms with E-state index in [1.165, 1.54) is 5.56 Å². The highest BCUT2D eigenvalue weighted by Crippen LogP contribution is 2.26. The van der Waals surface area contributed by atoms with Crippen LogP contribution in [-0.2, 0) is 4.74 Å². The molecule has 0 bridgehead atoms. The summed E-state index contributed by atoms with van der Waals surface area (Å²) >= 11 is 0. The fourth-order valence-corrected chi connectivity index (χ4v) is 3.66. The SMILES string of the molecule is Cc1ccc(N(C)C(=O)c2ccc(N3CC(C)OC(C)C3)nc2)cc1N(C)C. The number of ether oxygens (including phenoxy) is 1. The maximum atomic E-state index is 12.9. The molecule has 28 heavy (non-hydrogen) atoms. The molecule has 2 aromatic rings. The smallest absolute Gasteiger partial charge is 0.259 e. The summed E-state index contributed by atoms with van der Waals surface area (Å²) in [5.41, 5.74) is 3.71. The van der Waals surface area contributed by atoms with Crippen LogP contribution in [0.5, 0.6) is 0 Å². The lowest BCUT2D eigenvalue weighted by atomic mass is 10.1. The van der Waals surface area contributed by atoms with E-state index in [2.05, 4.69) is 35.6 Å². The highest BCUT2D eigenvalue weighted by molar-refractivity contribution is 6.05. The molecule has 0 spiro atoms. The highest BCUT2D eigenvalue weighted by atomic mass is 16.5. The summed E-state index contributed by atoms with van der Waals surface area (Å²) in [6, 6.07) is 9.82. The molecular weight excluding hydrogens is 352 g/mol. The van der Waals surface area contributed by atoms with Crippen molar-refractivity contribution >= 4 is 23.1 Å². The lowest BCUT2D eigenvalue weighted by molar-refractivity contribution is -0.00546. The molecule has 1 fully saturated rings. The number of pyridine rings is 1. The Kier molecular flexibility index (Phi) is 5.89. The number of hydrogen-bond donors (Lipinski definition) is 0. The molecule has 0 saturated carbocycles. The van der Waals surface area contributed by atoms with Crippen LogP contribution in [-0.4, -0.2) is 57.3 Å². The summed E-state index contributed by atoms with van der Waals surface area (Å²) in [6.45, 7) is 7.82. The number of anilines is 3. The number of aryl methyl sites for hydroxylation is 1. The van der Waals surface area contributed by atoms with Gasteiger partial charge in [-0.15, -0.1) is 0 Å². The van der Waals surface area contributed by atoms with Crippen LogP contribution < -0.4 is 14.7 Å². The van der Waals surface area contributed by atoms with Gasteiger partial charge in [-0.2, -0.15) is 0 Å². The van der Waals surface area contributed by atoms with Crippen molar-refractivity contribution in [2.75, 3.05) is 48.9 Å². The minimum absolute atomic E-state index is 0.0728. The van der Waals surface area contributed by atoms with Crippen molar-refractivity contribution in [1.29, 1.82) is 0 Å². The first-order chi connectivity index (χ1) is 13.3. The molecule has 1 amide bonds. The number of aromatic nitrogens is 1. The largest absolute Gasteiger partial charge is 0.377 e. The molecule has 1 aliphatic heterocycles. The van der Waals surface area contributed by atoms with Crippen molar-refractivity contribution in [2.24, 2.45) is 0 Å². The van der Waals surface area contributed by atoms with E-state index < -0.39 is 0 Å². The second kappa shape index (κ2) is 8.19. The number of hydrogen-bond acceptors (Lipinski definition) is 5. The Hall–Kier alpha value is -2.60. The number of carbonyl (C=O) groups is 1. The van der Waals surface area contributed by atoms with Gasteiger partial charge in [-0.25, -0.2) is 4.98 Å². The predicted octanol–water partition coefficient (Wildman–Crippen LogP) is 3.35. The fraction of sp³-hybridized carbons (Fsp3) is 0.455. The molecule has 1 saturated heterocycles. The van der Waals surface area contributed by atoms with E-state index >= 15 is 0 Å². The Bertz CT molecular complexity index is 825. The van der Waals surface area contributed by atoms with E-state index in [9.17, 15) is 4.79 Å². The minimum atomic E-state index is -0.0728. The Morgan fingerprint density at radius 2 is 1.79 bits per heavy atom. The maximum Gasteiger partial charge on any atom is 0.259 e. The van der Waals surface area contributed by atoms with Crippen LogP contribution >= 0.6 is 0 Å². The number of nitrogens with zero attached hydrogens (tertiary/aromatic N) is 4. The van der Waals surface area contributed by atoms with Gasteiger partial charge in [0, 0.05) is 51.8 Å². The number of morpholine rings is 1. The Morgan fingerprint density at radius 3 is 2.36 bits per heavy atom. The van der Waals surface area contributed by atoms with Crippen LogP contribution in [0.1, 0.15) is 29.8 Å². The number of amides is 1. The summed E-state index contributed by atoms with van der Waals surface area (Å²) in [5, 5.41) is 0. The first kappa shape index (κ1) is 20.1. The third-order valence-corrected chi connectivity index (χ3v) is 5.10. The third kappa shape index (κ3) is 4.28. The molecule has 6 heteroatoms. The number of carbonyl (C=O) groups excluding carboxylic acids is 1. The van der Waals surface area contributed by atoms with E-state index in [-0.39, 0.29) is 18.1 Å². The molecule has 150 valence electrons. The third-order valence-electron chi connectivity index (χ3n) is 5.10. The van der Waals surface area contributed by atoms with Crippen LogP contribution in [0.4, 0.5) is 17.2 Å². The van der Waals surface area contributed by atoms with Crippen LogP contribution in [0, 0.1) is 6.92 Å². The van der Waals surface area contributed by atoms with E-state index in [0.717, 1.165) is 30.3 Å². The molecule has 2 atom stereocenters. The van der Waals surface area contributed by atoms with E-state index in [4.69, 9.17) is 4.74 Å². The van der Waals surface area contributed by atoms with Crippen LogP contribution in [0.3, 0.4) is 0 Å². The van der Waals surface area contributed by atoms with Gasteiger partial charge >= 0.3 is 0 Å². The molecule has 2 heterocycles. The number of rotatable bonds is 4. The van der Waals surface area contributed by atoms with Crippen molar-refractivity contribution in [2.45, 2.75) is 33.0 Å². The van der Waals surface area contributed by atoms with Gasteiger partial charge in [0.15, 0.2) is 0 Å². The van der Waals surface area contributed by atoms with Crippen molar-refractivity contribution < 1.29 is 9.53 Å². The Labute approximate surface area is 167 Å². The van der Waals surface area contributed by atoms with Crippen molar-refractivity contribution in [1.82, 2.24) is 4.98 Å². The molecule has 0 aliphatic carbocycles. The van der Waals surface area contributed by atoms with Gasteiger partial charge in [0.25, 0.3) is 5.91 Å². The standard InChI is InChI=1S/C22H30N4O2/c1-15-7-9-19(11-20(15)24(4)5)25(6)22(27)18-8-10-21(23-12-18)26-13-16(2)28-17(3)14-26/h7-12,16-17H,13-14H2,1-6H3. The lowest BCUT2D eigenvalue weighted by Gasteiger charge is -2.36. The molecule has 3 rings (SSSR count). The number of benzene rings is 1. The monoisotopic (exact) mass is 382 g/mol. The van der Waals surface area contributed by atoms with E-state index in [1.54, 1.807) is 18.1 Å². The van der Waals surface area contributed by atoms with E-state index in [1.807, 2.05) is 44.4 Å².